The third kappa shape index (κ3) is 5.01. The summed E-state index contributed by atoms with van der Waals surface area (Å²) in [4.78, 5) is 23.0. The van der Waals surface area contributed by atoms with Crippen molar-refractivity contribution in [1.82, 2.24) is 5.32 Å². The van der Waals surface area contributed by atoms with Gasteiger partial charge >= 0.3 is 0 Å². The topological polar surface area (TPSA) is 111 Å². The third-order valence-corrected chi connectivity index (χ3v) is 3.42. The number of nitrogens with one attached hydrogen (secondary N) is 2. The van der Waals surface area contributed by atoms with Crippen LogP contribution >= 0.6 is 0 Å². The Balaban J connectivity index is 1.84. The van der Waals surface area contributed by atoms with Crippen LogP contribution in [0.15, 0.2) is 24.3 Å². The quantitative estimate of drug-likeness (QED) is 0.632. The molecule has 1 fully saturated rings. The summed E-state index contributed by atoms with van der Waals surface area (Å²) in [5, 5.41) is 25.8. The van der Waals surface area contributed by atoms with Crippen LogP contribution in [-0.4, -0.2) is 42.3 Å². The van der Waals surface area contributed by atoms with Gasteiger partial charge in [-0.25, -0.2) is 0 Å². The van der Waals surface area contributed by atoms with Gasteiger partial charge in [0.05, 0.1) is 18.1 Å². The molecular formula is C15H19N2O5-. The zero-order valence-corrected chi connectivity index (χ0v) is 12.1. The largest absolute Gasteiger partial charge is 0.548 e. The lowest BCUT2D eigenvalue weighted by Crippen LogP contribution is -2.49. The smallest absolute Gasteiger partial charge is 0.226 e. The lowest BCUT2D eigenvalue weighted by atomic mass is 10.1. The highest BCUT2D eigenvalue weighted by molar-refractivity contribution is 5.93. The second kappa shape index (κ2) is 7.77. The van der Waals surface area contributed by atoms with Crippen LogP contribution in [0.3, 0.4) is 0 Å². The molecule has 1 saturated heterocycles. The fourth-order valence-electron chi connectivity index (χ4n) is 2.30. The normalized spacial score (nSPS) is 18.8. The molecule has 2 unspecified atom stereocenters. The van der Waals surface area contributed by atoms with Gasteiger partial charge in [-0.2, -0.15) is 0 Å². The van der Waals surface area contributed by atoms with E-state index in [1.807, 2.05) is 0 Å². The number of aromatic hydroxyl groups is 1. The lowest BCUT2D eigenvalue weighted by Gasteiger charge is -2.21. The van der Waals surface area contributed by atoms with Crippen molar-refractivity contribution >= 4 is 17.6 Å². The number of anilines is 1. The Bertz CT molecular complexity index is 528. The number of hydrogen-bond donors (Lipinski definition) is 3. The molecule has 0 saturated carbocycles. The van der Waals surface area contributed by atoms with E-state index in [2.05, 4.69) is 10.6 Å². The molecule has 1 amide bonds. The number of ether oxygens (including phenoxy) is 1. The minimum Gasteiger partial charge on any atom is -0.548 e. The maximum Gasteiger partial charge on any atom is 0.226 e. The average Bonchev–Trinajstić information content (AvgIpc) is 2.96. The van der Waals surface area contributed by atoms with E-state index in [1.54, 1.807) is 12.1 Å². The van der Waals surface area contributed by atoms with Gasteiger partial charge in [-0.3, -0.25) is 4.79 Å². The maximum atomic E-state index is 11.9. The molecule has 1 aromatic carbocycles. The van der Waals surface area contributed by atoms with Gasteiger partial charge in [0, 0.05) is 31.3 Å². The first-order valence-corrected chi connectivity index (χ1v) is 7.19. The van der Waals surface area contributed by atoms with Crippen LogP contribution < -0.4 is 15.7 Å². The lowest BCUT2D eigenvalue weighted by molar-refractivity contribution is -0.308. The van der Waals surface area contributed by atoms with E-state index in [4.69, 9.17) is 4.74 Å². The van der Waals surface area contributed by atoms with Crippen LogP contribution in [0.2, 0.25) is 0 Å². The number of carbonyl (C=O) groups is 2. The summed E-state index contributed by atoms with van der Waals surface area (Å²) in [7, 11) is 0. The van der Waals surface area contributed by atoms with Crippen LogP contribution in [-0.2, 0) is 14.3 Å². The first-order chi connectivity index (χ1) is 10.5. The molecule has 1 heterocycles. The van der Waals surface area contributed by atoms with E-state index in [1.165, 1.54) is 12.1 Å². The van der Waals surface area contributed by atoms with Crippen LogP contribution in [0.4, 0.5) is 5.69 Å². The molecule has 0 spiro atoms. The molecule has 1 aliphatic heterocycles. The molecule has 0 bridgehead atoms. The fraction of sp³-hybridized carbons (Fsp3) is 0.467. The van der Waals surface area contributed by atoms with Gasteiger partial charge in [-0.1, -0.05) is 6.07 Å². The van der Waals surface area contributed by atoms with Gasteiger partial charge in [0.15, 0.2) is 0 Å². The van der Waals surface area contributed by atoms with Gasteiger partial charge in [-0.15, -0.1) is 0 Å². The molecule has 0 radical (unpaired) electrons. The zero-order chi connectivity index (χ0) is 15.9. The van der Waals surface area contributed by atoms with Crippen molar-refractivity contribution in [2.75, 3.05) is 18.5 Å². The SMILES string of the molecule is O=C(CC(NCC1CCCO1)C(=O)[O-])Nc1cccc(O)c1. The summed E-state index contributed by atoms with van der Waals surface area (Å²) in [6, 6.07) is 4.96. The van der Waals surface area contributed by atoms with Crippen molar-refractivity contribution in [3.8, 4) is 5.75 Å². The maximum absolute atomic E-state index is 11.9. The molecule has 1 aliphatic rings. The van der Waals surface area contributed by atoms with E-state index >= 15 is 0 Å². The van der Waals surface area contributed by atoms with E-state index in [0.717, 1.165) is 12.8 Å². The summed E-state index contributed by atoms with van der Waals surface area (Å²) in [6.07, 6.45) is 1.56. The van der Waals surface area contributed by atoms with E-state index < -0.39 is 17.9 Å². The minimum absolute atomic E-state index is 0.0176. The molecule has 0 aliphatic carbocycles. The number of aliphatic carboxylic acids is 1. The Morgan fingerprint density at radius 1 is 1.45 bits per heavy atom. The monoisotopic (exact) mass is 307 g/mol. The van der Waals surface area contributed by atoms with Gasteiger partial charge < -0.3 is 30.4 Å². The standard InChI is InChI=1S/C15H20N2O5/c18-11-4-1-3-10(7-11)17-14(19)8-13(15(20)21)16-9-12-5-2-6-22-12/h1,3-4,7,12-13,16,18H,2,5-6,8-9H2,(H,17,19)(H,20,21)/p-1. The van der Waals surface area contributed by atoms with Crippen molar-refractivity contribution in [1.29, 1.82) is 0 Å². The predicted octanol–water partition coefficient (Wildman–Crippen LogP) is -0.392. The van der Waals surface area contributed by atoms with Gasteiger partial charge in [-0.05, 0) is 25.0 Å². The Labute approximate surface area is 128 Å². The van der Waals surface area contributed by atoms with Gasteiger partial charge in [0.25, 0.3) is 0 Å². The number of rotatable bonds is 7. The molecule has 120 valence electrons. The predicted molar refractivity (Wildman–Crippen MR) is 77.1 cm³/mol. The fourth-order valence-corrected chi connectivity index (χ4v) is 2.30. The molecule has 2 rings (SSSR count). The second-order valence-electron chi connectivity index (χ2n) is 5.22. The van der Waals surface area contributed by atoms with E-state index in [0.29, 0.717) is 18.8 Å². The highest BCUT2D eigenvalue weighted by atomic mass is 16.5. The van der Waals surface area contributed by atoms with Crippen LogP contribution in [0.25, 0.3) is 0 Å². The first kappa shape index (κ1) is 16.3. The molecule has 3 N–H and O–H groups in total. The third-order valence-electron chi connectivity index (χ3n) is 3.42. The average molecular weight is 307 g/mol. The number of carboxylic acids is 1. The Morgan fingerprint density at radius 2 is 2.27 bits per heavy atom. The first-order valence-electron chi connectivity index (χ1n) is 7.19. The molecular weight excluding hydrogens is 288 g/mol. The Morgan fingerprint density at radius 3 is 2.91 bits per heavy atom. The number of phenolic OH excluding ortho intramolecular Hbond substituents is 1. The number of carboxylic acid groups (broad SMARTS) is 1. The summed E-state index contributed by atoms with van der Waals surface area (Å²) in [6.45, 7) is 1.05. The number of benzene rings is 1. The van der Waals surface area contributed by atoms with Crippen LogP contribution in [0.5, 0.6) is 5.75 Å². The molecule has 7 heteroatoms. The van der Waals surface area contributed by atoms with Crippen molar-refractivity contribution < 1.29 is 24.5 Å². The summed E-state index contributed by atoms with van der Waals surface area (Å²) >= 11 is 0. The van der Waals surface area contributed by atoms with Crippen molar-refractivity contribution in [2.24, 2.45) is 0 Å². The minimum atomic E-state index is -1.33. The molecule has 2 atom stereocenters. The van der Waals surface area contributed by atoms with Crippen molar-refractivity contribution in [3.63, 3.8) is 0 Å². The van der Waals surface area contributed by atoms with Crippen molar-refractivity contribution in [2.45, 2.75) is 31.4 Å². The Hall–Kier alpha value is -2.12. The molecule has 7 nitrogen and oxygen atoms in total. The molecule has 1 aromatic rings. The Kier molecular flexibility index (Phi) is 5.74. The summed E-state index contributed by atoms with van der Waals surface area (Å²) in [5.74, 6) is -1.78. The highest BCUT2D eigenvalue weighted by Crippen LogP contribution is 2.16. The molecule has 22 heavy (non-hydrogen) atoms. The number of phenols is 1. The number of carbonyl (C=O) groups excluding carboxylic acids is 2. The van der Waals surface area contributed by atoms with Crippen molar-refractivity contribution in [3.05, 3.63) is 24.3 Å². The highest BCUT2D eigenvalue weighted by Gasteiger charge is 2.20. The van der Waals surface area contributed by atoms with E-state index in [-0.39, 0.29) is 18.3 Å². The summed E-state index contributed by atoms with van der Waals surface area (Å²) in [5.41, 5.74) is 0.404. The molecule has 0 aromatic heterocycles. The summed E-state index contributed by atoms with van der Waals surface area (Å²) < 4.78 is 5.39. The second-order valence-corrected chi connectivity index (χ2v) is 5.22. The zero-order valence-electron chi connectivity index (χ0n) is 12.1. The number of hydrogen-bond acceptors (Lipinski definition) is 6. The number of amides is 1. The van der Waals surface area contributed by atoms with Gasteiger partial charge in [0.2, 0.25) is 5.91 Å². The van der Waals surface area contributed by atoms with Crippen LogP contribution in [0, 0.1) is 0 Å². The van der Waals surface area contributed by atoms with Crippen LogP contribution in [0.1, 0.15) is 19.3 Å². The van der Waals surface area contributed by atoms with E-state index in [9.17, 15) is 19.8 Å². The van der Waals surface area contributed by atoms with Gasteiger partial charge in [0.1, 0.15) is 5.75 Å².